The van der Waals surface area contributed by atoms with Crippen LogP contribution in [0.1, 0.15) is 56.7 Å². The van der Waals surface area contributed by atoms with Crippen molar-refractivity contribution in [3.8, 4) is 11.5 Å². The Morgan fingerprint density at radius 1 is 1.07 bits per heavy atom. The Bertz CT molecular complexity index is 756. The van der Waals surface area contributed by atoms with E-state index in [4.69, 9.17) is 9.47 Å². The standard InChI is InChI=1S/C23H29BrO3/c1-6-23(4,5)18-9-11-20(12-10-18)26-13-7-8-21(25)27-22-16(2)14-19(24)15-17(22)3/h9-12,14-15H,6-8,13H2,1-5H3. The molecule has 0 saturated heterocycles. The number of rotatable bonds is 8. The molecule has 27 heavy (non-hydrogen) atoms. The number of benzene rings is 2. The molecule has 0 fully saturated rings. The molecule has 0 heterocycles. The van der Waals surface area contributed by atoms with E-state index in [0.29, 0.717) is 25.2 Å². The van der Waals surface area contributed by atoms with Gasteiger partial charge in [-0.2, -0.15) is 0 Å². The van der Waals surface area contributed by atoms with Crippen LogP contribution in [-0.2, 0) is 10.2 Å². The molecule has 0 amide bonds. The second-order valence-electron chi connectivity index (χ2n) is 7.56. The molecule has 0 bridgehead atoms. The lowest BCUT2D eigenvalue weighted by Gasteiger charge is -2.23. The van der Waals surface area contributed by atoms with Crippen LogP contribution in [-0.4, -0.2) is 12.6 Å². The van der Waals surface area contributed by atoms with Crippen molar-refractivity contribution in [1.29, 1.82) is 0 Å². The van der Waals surface area contributed by atoms with E-state index in [1.165, 1.54) is 5.56 Å². The quantitative estimate of drug-likeness (QED) is 0.270. The number of ether oxygens (including phenoxy) is 2. The zero-order valence-corrected chi connectivity index (χ0v) is 18.5. The fraction of sp³-hybridized carbons (Fsp3) is 0.435. The molecule has 0 aliphatic carbocycles. The number of carbonyl (C=O) groups is 1. The van der Waals surface area contributed by atoms with Crippen molar-refractivity contribution in [3.05, 3.63) is 57.6 Å². The van der Waals surface area contributed by atoms with Crippen LogP contribution >= 0.6 is 15.9 Å². The molecule has 0 unspecified atom stereocenters. The summed E-state index contributed by atoms with van der Waals surface area (Å²) in [6.45, 7) is 11.0. The molecule has 0 saturated carbocycles. The molecule has 0 aliphatic heterocycles. The van der Waals surface area contributed by atoms with E-state index in [1.54, 1.807) is 0 Å². The largest absolute Gasteiger partial charge is 0.494 e. The van der Waals surface area contributed by atoms with Gasteiger partial charge in [0.2, 0.25) is 0 Å². The Morgan fingerprint density at radius 2 is 1.67 bits per heavy atom. The first-order valence-corrected chi connectivity index (χ1v) is 10.2. The van der Waals surface area contributed by atoms with E-state index in [1.807, 2.05) is 38.1 Å². The summed E-state index contributed by atoms with van der Waals surface area (Å²) in [5.41, 5.74) is 3.37. The summed E-state index contributed by atoms with van der Waals surface area (Å²) in [6, 6.07) is 12.1. The maximum absolute atomic E-state index is 12.1. The molecule has 146 valence electrons. The first-order chi connectivity index (χ1) is 12.7. The van der Waals surface area contributed by atoms with Gasteiger partial charge >= 0.3 is 5.97 Å². The van der Waals surface area contributed by atoms with E-state index in [0.717, 1.165) is 27.8 Å². The fourth-order valence-corrected chi connectivity index (χ4v) is 3.52. The van der Waals surface area contributed by atoms with Crippen molar-refractivity contribution in [2.45, 2.75) is 59.3 Å². The van der Waals surface area contributed by atoms with Gasteiger partial charge in [-0.3, -0.25) is 4.79 Å². The van der Waals surface area contributed by atoms with E-state index in [-0.39, 0.29) is 11.4 Å². The third-order valence-corrected chi connectivity index (χ3v) is 5.41. The van der Waals surface area contributed by atoms with Crippen LogP contribution in [0.5, 0.6) is 11.5 Å². The average Bonchev–Trinajstić information content (AvgIpc) is 2.62. The summed E-state index contributed by atoms with van der Waals surface area (Å²) < 4.78 is 12.3. The second-order valence-corrected chi connectivity index (χ2v) is 8.47. The third-order valence-electron chi connectivity index (χ3n) is 4.95. The van der Waals surface area contributed by atoms with Gasteiger partial charge in [-0.1, -0.05) is 48.8 Å². The SMILES string of the molecule is CCC(C)(C)c1ccc(OCCCC(=O)Oc2c(C)cc(Br)cc2C)cc1. The lowest BCUT2D eigenvalue weighted by molar-refractivity contribution is -0.134. The molecule has 2 aromatic rings. The molecule has 0 aromatic heterocycles. The normalized spacial score (nSPS) is 11.3. The summed E-state index contributed by atoms with van der Waals surface area (Å²) in [6.07, 6.45) is 2.04. The first-order valence-electron chi connectivity index (χ1n) is 9.43. The summed E-state index contributed by atoms with van der Waals surface area (Å²) in [5, 5.41) is 0. The van der Waals surface area contributed by atoms with Crippen LogP contribution in [0.15, 0.2) is 40.9 Å². The Morgan fingerprint density at radius 3 is 2.22 bits per heavy atom. The highest BCUT2D eigenvalue weighted by molar-refractivity contribution is 9.10. The van der Waals surface area contributed by atoms with Crippen LogP contribution < -0.4 is 9.47 Å². The maximum Gasteiger partial charge on any atom is 0.311 e. The number of carbonyl (C=O) groups excluding carboxylic acids is 1. The van der Waals surface area contributed by atoms with Crippen LogP contribution in [0.25, 0.3) is 0 Å². The van der Waals surface area contributed by atoms with Gasteiger partial charge in [-0.05, 0) is 73.1 Å². The molecular weight excluding hydrogens is 404 g/mol. The molecule has 0 spiro atoms. The van der Waals surface area contributed by atoms with Crippen molar-refractivity contribution in [2.75, 3.05) is 6.61 Å². The number of aryl methyl sites for hydroxylation is 2. The average molecular weight is 433 g/mol. The summed E-state index contributed by atoms with van der Waals surface area (Å²) in [5.74, 6) is 1.25. The van der Waals surface area contributed by atoms with Gasteiger partial charge in [0.1, 0.15) is 11.5 Å². The van der Waals surface area contributed by atoms with Crippen molar-refractivity contribution >= 4 is 21.9 Å². The number of halogens is 1. The van der Waals surface area contributed by atoms with E-state index in [2.05, 4.69) is 48.8 Å². The van der Waals surface area contributed by atoms with Gasteiger partial charge in [0, 0.05) is 10.9 Å². The fourth-order valence-electron chi connectivity index (χ4n) is 2.84. The number of hydrogen-bond acceptors (Lipinski definition) is 3. The molecule has 2 rings (SSSR count). The van der Waals surface area contributed by atoms with Crippen LogP contribution in [0, 0.1) is 13.8 Å². The van der Waals surface area contributed by atoms with Crippen molar-refractivity contribution in [3.63, 3.8) is 0 Å². The van der Waals surface area contributed by atoms with Crippen molar-refractivity contribution in [1.82, 2.24) is 0 Å². The van der Waals surface area contributed by atoms with Crippen molar-refractivity contribution in [2.24, 2.45) is 0 Å². The van der Waals surface area contributed by atoms with Crippen molar-refractivity contribution < 1.29 is 14.3 Å². The predicted octanol–water partition coefficient (Wildman–Crippen LogP) is 6.52. The van der Waals surface area contributed by atoms with Crippen LogP contribution in [0.4, 0.5) is 0 Å². The zero-order chi connectivity index (χ0) is 20.0. The first kappa shape index (κ1) is 21.5. The van der Waals surface area contributed by atoms with Gasteiger partial charge in [0.25, 0.3) is 0 Å². The minimum atomic E-state index is -0.229. The molecule has 0 aliphatic rings. The van der Waals surface area contributed by atoms with Crippen LogP contribution in [0.2, 0.25) is 0 Å². The molecule has 3 nitrogen and oxygen atoms in total. The molecule has 0 radical (unpaired) electrons. The highest BCUT2D eigenvalue weighted by Gasteiger charge is 2.17. The Labute approximate surface area is 171 Å². The predicted molar refractivity (Wildman–Crippen MR) is 114 cm³/mol. The Balaban J connectivity index is 1.79. The Kier molecular flexibility index (Phi) is 7.49. The zero-order valence-electron chi connectivity index (χ0n) is 16.9. The van der Waals surface area contributed by atoms with Crippen LogP contribution in [0.3, 0.4) is 0 Å². The van der Waals surface area contributed by atoms with Gasteiger partial charge in [-0.15, -0.1) is 0 Å². The molecular formula is C23H29BrO3. The minimum Gasteiger partial charge on any atom is -0.494 e. The van der Waals surface area contributed by atoms with Gasteiger partial charge in [0.15, 0.2) is 0 Å². The third kappa shape index (κ3) is 6.10. The van der Waals surface area contributed by atoms with E-state index in [9.17, 15) is 4.79 Å². The molecule has 0 atom stereocenters. The smallest absolute Gasteiger partial charge is 0.311 e. The lowest BCUT2D eigenvalue weighted by atomic mass is 9.82. The number of hydrogen-bond donors (Lipinski definition) is 0. The highest BCUT2D eigenvalue weighted by Crippen LogP contribution is 2.29. The molecule has 0 N–H and O–H groups in total. The second kappa shape index (κ2) is 9.41. The van der Waals surface area contributed by atoms with Gasteiger partial charge < -0.3 is 9.47 Å². The summed E-state index contributed by atoms with van der Waals surface area (Å²) >= 11 is 3.45. The Hall–Kier alpha value is -1.81. The lowest BCUT2D eigenvalue weighted by Crippen LogP contribution is -2.15. The van der Waals surface area contributed by atoms with Gasteiger partial charge in [0.05, 0.1) is 6.61 Å². The monoisotopic (exact) mass is 432 g/mol. The maximum atomic E-state index is 12.1. The number of esters is 1. The topological polar surface area (TPSA) is 35.5 Å². The minimum absolute atomic E-state index is 0.172. The molecule has 2 aromatic carbocycles. The van der Waals surface area contributed by atoms with E-state index >= 15 is 0 Å². The van der Waals surface area contributed by atoms with Gasteiger partial charge in [-0.25, -0.2) is 0 Å². The molecule has 4 heteroatoms. The summed E-state index contributed by atoms with van der Waals surface area (Å²) in [4.78, 5) is 12.1. The highest BCUT2D eigenvalue weighted by atomic mass is 79.9. The summed E-state index contributed by atoms with van der Waals surface area (Å²) in [7, 11) is 0. The van der Waals surface area contributed by atoms with E-state index < -0.39 is 0 Å².